The summed E-state index contributed by atoms with van der Waals surface area (Å²) in [7, 11) is -2.07. The molecule has 0 fully saturated rings. The van der Waals surface area contributed by atoms with Crippen molar-refractivity contribution in [3.63, 3.8) is 0 Å². The summed E-state index contributed by atoms with van der Waals surface area (Å²) >= 11 is 0. The molecule has 0 aliphatic carbocycles. The van der Waals surface area contributed by atoms with Gasteiger partial charge in [0.1, 0.15) is 0 Å². The second-order valence-corrected chi connectivity index (χ2v) is 5.00. The molecule has 0 bridgehead atoms. The number of aromatic amines is 1. The van der Waals surface area contributed by atoms with Gasteiger partial charge < -0.3 is 10.1 Å². The molecule has 80 valence electrons. The van der Waals surface area contributed by atoms with E-state index in [1.165, 1.54) is 25.2 Å². The lowest BCUT2D eigenvalue weighted by Crippen LogP contribution is -2.18. The minimum Gasteiger partial charge on any atom is -0.495 e. The molecule has 15 heavy (non-hydrogen) atoms. The predicted molar refractivity (Wildman–Crippen MR) is 56.2 cm³/mol. The van der Waals surface area contributed by atoms with Crippen LogP contribution in [0, 0.1) is 0 Å². The van der Waals surface area contributed by atoms with Crippen LogP contribution in [0.25, 0.3) is 10.9 Å². The van der Waals surface area contributed by atoms with Crippen molar-refractivity contribution in [3.05, 3.63) is 24.3 Å². The van der Waals surface area contributed by atoms with Gasteiger partial charge in [-0.3, -0.25) is 0 Å². The topological polar surface area (TPSA) is 82.2 Å². The zero-order valence-electron chi connectivity index (χ0n) is 7.98. The molecular formula is C9H10N2O3S. The Bertz CT molecular complexity index is 601. The first-order valence-electron chi connectivity index (χ1n) is 4.28. The molecule has 0 amide bonds. The standard InChI is InChI=1S/C9H10N2O3S/c1-10-15(13,14)7-2-3-8-6(4-7)5-9(12)11-8/h2-5,10-12H,1H3. The number of nitrogens with one attached hydrogen (secondary N) is 2. The highest BCUT2D eigenvalue weighted by Gasteiger charge is 2.12. The molecule has 2 rings (SSSR count). The van der Waals surface area contributed by atoms with Crippen LogP contribution < -0.4 is 4.72 Å². The minimum absolute atomic E-state index is 0.0176. The Morgan fingerprint density at radius 1 is 1.33 bits per heavy atom. The number of H-pyrrole nitrogens is 1. The molecule has 6 heteroatoms. The molecule has 0 spiro atoms. The maximum absolute atomic E-state index is 11.5. The number of hydrogen-bond acceptors (Lipinski definition) is 3. The van der Waals surface area contributed by atoms with Crippen molar-refractivity contribution in [1.29, 1.82) is 0 Å². The molecule has 1 aromatic heterocycles. The number of benzene rings is 1. The maximum atomic E-state index is 11.5. The monoisotopic (exact) mass is 226 g/mol. The Morgan fingerprint density at radius 3 is 2.73 bits per heavy atom. The number of sulfonamides is 1. The smallest absolute Gasteiger partial charge is 0.240 e. The number of hydrogen-bond donors (Lipinski definition) is 3. The van der Waals surface area contributed by atoms with Gasteiger partial charge in [-0.05, 0) is 25.2 Å². The Hall–Kier alpha value is -1.53. The third kappa shape index (κ3) is 1.69. The Labute approximate surface area is 86.8 Å². The third-order valence-electron chi connectivity index (χ3n) is 2.16. The van der Waals surface area contributed by atoms with Crippen LogP contribution in [-0.2, 0) is 10.0 Å². The lowest BCUT2D eigenvalue weighted by Gasteiger charge is -2.01. The van der Waals surface area contributed by atoms with Gasteiger partial charge in [0.25, 0.3) is 0 Å². The van der Waals surface area contributed by atoms with Crippen molar-refractivity contribution < 1.29 is 13.5 Å². The second-order valence-electron chi connectivity index (χ2n) is 3.11. The second kappa shape index (κ2) is 3.25. The summed E-state index contributed by atoms with van der Waals surface area (Å²) in [5.74, 6) is 0.0176. The number of rotatable bonds is 2. The van der Waals surface area contributed by atoms with Gasteiger partial charge in [0, 0.05) is 17.0 Å². The SMILES string of the molecule is CNS(=O)(=O)c1ccc2[nH]c(O)cc2c1. The molecule has 0 atom stereocenters. The summed E-state index contributed by atoms with van der Waals surface area (Å²) in [4.78, 5) is 2.87. The molecule has 0 unspecified atom stereocenters. The van der Waals surface area contributed by atoms with E-state index in [9.17, 15) is 13.5 Å². The molecule has 1 heterocycles. The first-order valence-corrected chi connectivity index (χ1v) is 5.76. The zero-order valence-corrected chi connectivity index (χ0v) is 8.80. The first-order chi connectivity index (χ1) is 7.03. The summed E-state index contributed by atoms with van der Waals surface area (Å²) in [6.07, 6.45) is 0. The Morgan fingerprint density at radius 2 is 2.07 bits per heavy atom. The molecule has 0 saturated carbocycles. The average molecular weight is 226 g/mol. The van der Waals surface area contributed by atoms with Crippen LogP contribution in [-0.4, -0.2) is 25.6 Å². The van der Waals surface area contributed by atoms with Gasteiger partial charge in [-0.25, -0.2) is 13.1 Å². The fourth-order valence-electron chi connectivity index (χ4n) is 1.38. The van der Waals surface area contributed by atoms with E-state index in [-0.39, 0.29) is 10.8 Å². The lowest BCUT2D eigenvalue weighted by atomic mass is 10.2. The zero-order chi connectivity index (χ0) is 11.1. The van der Waals surface area contributed by atoms with Gasteiger partial charge in [-0.1, -0.05) is 0 Å². The van der Waals surface area contributed by atoms with Crippen LogP contribution in [0.4, 0.5) is 0 Å². The van der Waals surface area contributed by atoms with Crippen molar-refractivity contribution in [2.75, 3.05) is 7.05 Å². The number of fused-ring (bicyclic) bond motifs is 1. The van der Waals surface area contributed by atoms with E-state index in [4.69, 9.17) is 0 Å². The summed E-state index contributed by atoms with van der Waals surface area (Å²) in [6, 6.07) is 6.06. The van der Waals surface area contributed by atoms with Crippen molar-refractivity contribution in [1.82, 2.24) is 9.71 Å². The van der Waals surface area contributed by atoms with Gasteiger partial charge in [0.05, 0.1) is 4.90 Å². The summed E-state index contributed by atoms with van der Waals surface area (Å²) in [5, 5.41) is 9.84. The molecule has 0 saturated heterocycles. The summed E-state index contributed by atoms with van der Waals surface area (Å²) < 4.78 is 25.2. The van der Waals surface area contributed by atoms with Crippen molar-refractivity contribution in [3.8, 4) is 5.88 Å². The van der Waals surface area contributed by atoms with E-state index in [2.05, 4.69) is 9.71 Å². The maximum Gasteiger partial charge on any atom is 0.240 e. The highest BCUT2D eigenvalue weighted by Crippen LogP contribution is 2.22. The lowest BCUT2D eigenvalue weighted by molar-refractivity contribution is 0.458. The quantitative estimate of drug-likeness (QED) is 0.707. The van der Waals surface area contributed by atoms with Crippen molar-refractivity contribution >= 4 is 20.9 Å². The predicted octanol–water partition coefficient (Wildman–Crippen LogP) is 0.782. The van der Waals surface area contributed by atoms with Gasteiger partial charge in [0.2, 0.25) is 10.0 Å². The fourth-order valence-corrected chi connectivity index (χ4v) is 2.15. The largest absolute Gasteiger partial charge is 0.495 e. The van der Waals surface area contributed by atoms with Gasteiger partial charge in [-0.15, -0.1) is 0 Å². The molecule has 2 aromatic rings. The van der Waals surface area contributed by atoms with E-state index in [0.29, 0.717) is 10.9 Å². The first kappa shape index (κ1) is 10.0. The van der Waals surface area contributed by atoms with Crippen LogP contribution in [0.3, 0.4) is 0 Å². The molecule has 0 radical (unpaired) electrons. The Kier molecular flexibility index (Phi) is 2.17. The van der Waals surface area contributed by atoms with E-state index >= 15 is 0 Å². The minimum atomic E-state index is -3.43. The van der Waals surface area contributed by atoms with Gasteiger partial charge in [-0.2, -0.15) is 0 Å². The molecule has 0 aliphatic heterocycles. The van der Waals surface area contributed by atoms with Crippen molar-refractivity contribution in [2.45, 2.75) is 4.90 Å². The van der Waals surface area contributed by atoms with Crippen LogP contribution in [0.15, 0.2) is 29.2 Å². The molecule has 5 nitrogen and oxygen atoms in total. The van der Waals surface area contributed by atoms with Crippen LogP contribution >= 0.6 is 0 Å². The van der Waals surface area contributed by atoms with Gasteiger partial charge in [0.15, 0.2) is 5.88 Å². The number of aromatic hydroxyl groups is 1. The van der Waals surface area contributed by atoms with Crippen LogP contribution in [0.5, 0.6) is 5.88 Å². The third-order valence-corrected chi connectivity index (χ3v) is 3.57. The van der Waals surface area contributed by atoms with Crippen LogP contribution in [0.2, 0.25) is 0 Å². The van der Waals surface area contributed by atoms with Crippen LogP contribution in [0.1, 0.15) is 0 Å². The van der Waals surface area contributed by atoms with Crippen molar-refractivity contribution in [2.24, 2.45) is 0 Å². The molecule has 3 N–H and O–H groups in total. The molecule has 1 aromatic carbocycles. The van der Waals surface area contributed by atoms with E-state index in [1.807, 2.05) is 0 Å². The molecule has 0 aliphatic rings. The van der Waals surface area contributed by atoms with E-state index < -0.39 is 10.0 Å². The Balaban J connectivity index is 2.66. The summed E-state index contributed by atoms with van der Waals surface area (Å²) in [5.41, 5.74) is 0.697. The summed E-state index contributed by atoms with van der Waals surface area (Å²) in [6.45, 7) is 0. The van der Waals surface area contributed by atoms with E-state index in [1.54, 1.807) is 6.07 Å². The highest BCUT2D eigenvalue weighted by atomic mass is 32.2. The fraction of sp³-hybridized carbons (Fsp3) is 0.111. The van der Waals surface area contributed by atoms with Gasteiger partial charge >= 0.3 is 0 Å². The highest BCUT2D eigenvalue weighted by molar-refractivity contribution is 7.89. The van der Waals surface area contributed by atoms with E-state index in [0.717, 1.165) is 0 Å². The molecular weight excluding hydrogens is 216 g/mol. The number of aromatic nitrogens is 1. The normalized spacial score (nSPS) is 12.1. The average Bonchev–Trinajstić information content (AvgIpc) is 2.56.